The van der Waals surface area contributed by atoms with E-state index in [4.69, 9.17) is 10.3 Å². The molecule has 0 aromatic heterocycles. The van der Waals surface area contributed by atoms with Crippen LogP contribution in [0.25, 0.3) is 0 Å². The van der Waals surface area contributed by atoms with E-state index in [1.54, 1.807) is 0 Å². The molecule has 1 unspecified atom stereocenters. The molecule has 62 valence electrons. The van der Waals surface area contributed by atoms with E-state index in [1.165, 1.54) is 0 Å². The van der Waals surface area contributed by atoms with Gasteiger partial charge in [-0.05, 0) is 19.3 Å². The van der Waals surface area contributed by atoms with Gasteiger partial charge in [-0.15, -0.1) is 0 Å². The molecule has 0 saturated heterocycles. The number of carboxylic acid groups (broad SMARTS) is 1. The second kappa shape index (κ2) is 3.37. The summed E-state index contributed by atoms with van der Waals surface area (Å²) in [6.07, 6.45) is 2.66. The minimum atomic E-state index is -0.786. The summed E-state index contributed by atoms with van der Waals surface area (Å²) in [4.78, 5) is 10.5. The van der Waals surface area contributed by atoms with Crippen molar-refractivity contribution in [3.05, 3.63) is 0 Å². The van der Waals surface area contributed by atoms with Crippen molar-refractivity contribution in [2.45, 2.75) is 25.7 Å². The fourth-order valence-corrected chi connectivity index (χ4v) is 1.34. The molecule has 1 saturated carbocycles. The summed E-state index contributed by atoms with van der Waals surface area (Å²) < 4.78 is 0. The van der Waals surface area contributed by atoms with E-state index in [-0.39, 0.29) is 5.92 Å². The Labute approximate surface area is 64.5 Å². The summed E-state index contributed by atoms with van der Waals surface area (Å²) in [5.74, 6) is -1.12. The Morgan fingerprint density at radius 3 is 2.91 bits per heavy atom. The first-order chi connectivity index (χ1) is 5.24. The normalized spacial score (nSPS) is 28.7. The number of hydrogen-bond donors (Lipinski definition) is 2. The Kier molecular flexibility index (Phi) is 2.46. The maximum atomic E-state index is 10.5. The predicted octanol–water partition coefficient (Wildman–Crippen LogP) is 1.09. The zero-order valence-corrected chi connectivity index (χ0v) is 6.16. The molecule has 1 rings (SSSR count). The first kappa shape index (κ1) is 8.04. The molecular weight excluding hydrogens is 146 g/mol. The topological polar surface area (TPSA) is 69.9 Å². The van der Waals surface area contributed by atoms with E-state index in [1.807, 2.05) is 0 Å². The number of oxime groups is 1. The minimum Gasteiger partial charge on any atom is -0.481 e. The van der Waals surface area contributed by atoms with Crippen LogP contribution in [0.15, 0.2) is 5.16 Å². The fraction of sp³-hybridized carbons (Fsp3) is 0.714. The maximum Gasteiger partial charge on any atom is 0.306 e. The second-order valence-electron chi connectivity index (χ2n) is 2.80. The number of rotatable bonds is 1. The number of aliphatic carboxylic acids is 1. The van der Waals surface area contributed by atoms with Gasteiger partial charge in [0.15, 0.2) is 0 Å². The number of hydrogen-bond acceptors (Lipinski definition) is 3. The van der Waals surface area contributed by atoms with Gasteiger partial charge in [-0.25, -0.2) is 0 Å². The van der Waals surface area contributed by atoms with Crippen LogP contribution in [-0.2, 0) is 4.79 Å². The fourth-order valence-electron chi connectivity index (χ4n) is 1.34. The molecule has 0 radical (unpaired) electrons. The van der Waals surface area contributed by atoms with Gasteiger partial charge in [-0.3, -0.25) is 4.79 Å². The molecule has 0 bridgehead atoms. The third kappa shape index (κ3) is 1.93. The summed E-state index contributed by atoms with van der Waals surface area (Å²) in [5, 5.41) is 20.0. The van der Waals surface area contributed by atoms with Crippen LogP contribution in [0.1, 0.15) is 25.7 Å². The largest absolute Gasteiger partial charge is 0.481 e. The highest BCUT2D eigenvalue weighted by atomic mass is 16.4. The first-order valence-electron chi connectivity index (χ1n) is 3.66. The molecule has 1 atom stereocenters. The Hall–Kier alpha value is -1.06. The molecule has 1 aliphatic rings. The second-order valence-corrected chi connectivity index (χ2v) is 2.80. The molecule has 0 heterocycles. The molecule has 2 N–H and O–H groups in total. The average molecular weight is 157 g/mol. The van der Waals surface area contributed by atoms with Crippen molar-refractivity contribution in [2.24, 2.45) is 11.1 Å². The zero-order chi connectivity index (χ0) is 8.27. The number of nitrogens with zero attached hydrogens (tertiary/aromatic N) is 1. The van der Waals surface area contributed by atoms with Gasteiger partial charge in [-0.2, -0.15) is 0 Å². The lowest BCUT2D eigenvalue weighted by atomic mass is 9.88. The van der Waals surface area contributed by atoms with Crippen LogP contribution in [0.3, 0.4) is 0 Å². The Morgan fingerprint density at radius 2 is 2.36 bits per heavy atom. The molecule has 0 aliphatic heterocycles. The van der Waals surface area contributed by atoms with Crippen molar-refractivity contribution < 1.29 is 15.1 Å². The monoisotopic (exact) mass is 157 g/mol. The molecule has 1 aliphatic carbocycles. The number of carbonyl (C=O) groups is 1. The molecule has 0 aromatic carbocycles. The van der Waals surface area contributed by atoms with Crippen LogP contribution in [0.2, 0.25) is 0 Å². The van der Waals surface area contributed by atoms with Gasteiger partial charge in [0.1, 0.15) is 0 Å². The number of carboxylic acids is 1. The van der Waals surface area contributed by atoms with Gasteiger partial charge >= 0.3 is 5.97 Å². The van der Waals surface area contributed by atoms with Gasteiger partial charge in [0.25, 0.3) is 0 Å². The van der Waals surface area contributed by atoms with Crippen molar-refractivity contribution in [2.75, 3.05) is 0 Å². The summed E-state index contributed by atoms with van der Waals surface area (Å²) >= 11 is 0. The third-order valence-corrected chi connectivity index (χ3v) is 1.99. The third-order valence-electron chi connectivity index (χ3n) is 1.99. The Morgan fingerprint density at radius 1 is 1.64 bits per heavy atom. The molecule has 0 aromatic rings. The molecule has 0 amide bonds. The van der Waals surface area contributed by atoms with Gasteiger partial charge in [-0.1, -0.05) is 5.16 Å². The highest BCUT2D eigenvalue weighted by Crippen LogP contribution is 2.21. The van der Waals surface area contributed by atoms with Crippen molar-refractivity contribution in [1.82, 2.24) is 0 Å². The molecule has 1 fully saturated rings. The zero-order valence-electron chi connectivity index (χ0n) is 6.16. The lowest BCUT2D eigenvalue weighted by Crippen LogP contribution is -2.22. The van der Waals surface area contributed by atoms with Crippen LogP contribution in [0, 0.1) is 5.92 Å². The van der Waals surface area contributed by atoms with E-state index in [0.717, 1.165) is 12.8 Å². The van der Waals surface area contributed by atoms with Crippen molar-refractivity contribution in [3.8, 4) is 0 Å². The Balaban J connectivity index is 2.53. The Bertz CT molecular complexity index is 188. The highest BCUT2D eigenvalue weighted by Gasteiger charge is 2.23. The van der Waals surface area contributed by atoms with E-state index in [0.29, 0.717) is 18.6 Å². The van der Waals surface area contributed by atoms with Crippen molar-refractivity contribution in [3.63, 3.8) is 0 Å². The first-order valence-corrected chi connectivity index (χ1v) is 3.66. The quantitative estimate of drug-likeness (QED) is 0.442. The van der Waals surface area contributed by atoms with Crippen LogP contribution < -0.4 is 0 Å². The average Bonchev–Trinajstić information content (AvgIpc) is 2.05. The summed E-state index contributed by atoms with van der Waals surface area (Å²) in [6.45, 7) is 0. The molecular formula is C7H11NO3. The van der Waals surface area contributed by atoms with E-state index in [2.05, 4.69) is 5.16 Å². The van der Waals surface area contributed by atoms with Crippen LogP contribution in [-0.4, -0.2) is 22.0 Å². The smallest absolute Gasteiger partial charge is 0.306 e. The lowest BCUT2D eigenvalue weighted by molar-refractivity contribution is -0.141. The van der Waals surface area contributed by atoms with Crippen LogP contribution in [0.5, 0.6) is 0 Å². The van der Waals surface area contributed by atoms with Gasteiger partial charge in [0.05, 0.1) is 11.6 Å². The summed E-state index contributed by atoms with van der Waals surface area (Å²) in [6, 6.07) is 0. The van der Waals surface area contributed by atoms with Gasteiger partial charge in [0, 0.05) is 6.42 Å². The van der Waals surface area contributed by atoms with E-state index in [9.17, 15) is 4.79 Å². The van der Waals surface area contributed by atoms with Crippen LogP contribution in [0.4, 0.5) is 0 Å². The van der Waals surface area contributed by atoms with E-state index >= 15 is 0 Å². The molecule has 4 heteroatoms. The van der Waals surface area contributed by atoms with Gasteiger partial charge < -0.3 is 10.3 Å². The van der Waals surface area contributed by atoms with E-state index < -0.39 is 5.97 Å². The van der Waals surface area contributed by atoms with Crippen molar-refractivity contribution in [1.29, 1.82) is 0 Å². The molecule has 0 spiro atoms. The molecule has 11 heavy (non-hydrogen) atoms. The standard InChI is InChI=1S/C7H11NO3/c9-7(10)5-2-1-3-6(4-5)8-11/h5,11H,1-4H2,(H,9,10). The minimum absolute atomic E-state index is 0.338. The summed E-state index contributed by atoms with van der Waals surface area (Å²) in [7, 11) is 0. The highest BCUT2D eigenvalue weighted by molar-refractivity contribution is 5.88. The van der Waals surface area contributed by atoms with Crippen LogP contribution >= 0.6 is 0 Å². The summed E-state index contributed by atoms with van der Waals surface area (Å²) in [5.41, 5.74) is 0.614. The van der Waals surface area contributed by atoms with Crippen molar-refractivity contribution >= 4 is 11.7 Å². The molecule has 4 nitrogen and oxygen atoms in total. The predicted molar refractivity (Wildman–Crippen MR) is 38.8 cm³/mol. The van der Waals surface area contributed by atoms with Gasteiger partial charge in [0.2, 0.25) is 0 Å². The SMILES string of the molecule is O=C(O)C1CCCC(=NO)C1. The maximum absolute atomic E-state index is 10.5. The lowest BCUT2D eigenvalue weighted by Gasteiger charge is -2.17.